The van der Waals surface area contributed by atoms with Gasteiger partial charge in [-0.2, -0.15) is 0 Å². The van der Waals surface area contributed by atoms with Gasteiger partial charge in [-0.25, -0.2) is 4.39 Å². The summed E-state index contributed by atoms with van der Waals surface area (Å²) >= 11 is 0. The number of nitrogens with zero attached hydrogens (tertiary/aromatic N) is 2. The van der Waals surface area contributed by atoms with Crippen molar-refractivity contribution >= 4 is 22.5 Å². The Hall–Kier alpha value is -2.70. The standard InChI is InChI=1S/C21H22FN3O2/c22-18-4-3-17-7-8-25(20(17)13-18)15-21(26)23-19-5-1-16(2-6-19)14-24-9-11-27-12-10-24/h1-8,13H,9-12,14-15H2,(H,23,26). The van der Waals surface area contributed by atoms with Crippen LogP contribution in [0.5, 0.6) is 0 Å². The van der Waals surface area contributed by atoms with E-state index in [4.69, 9.17) is 4.74 Å². The van der Waals surface area contributed by atoms with Crippen LogP contribution in [0.1, 0.15) is 5.56 Å². The van der Waals surface area contributed by atoms with Crippen molar-refractivity contribution in [3.63, 3.8) is 0 Å². The molecule has 4 rings (SSSR count). The molecule has 2 aromatic carbocycles. The number of anilines is 1. The van der Waals surface area contributed by atoms with E-state index in [-0.39, 0.29) is 18.3 Å². The largest absolute Gasteiger partial charge is 0.379 e. The summed E-state index contributed by atoms with van der Waals surface area (Å²) in [7, 11) is 0. The van der Waals surface area contributed by atoms with Gasteiger partial charge in [0.25, 0.3) is 0 Å². The van der Waals surface area contributed by atoms with Crippen LogP contribution >= 0.6 is 0 Å². The summed E-state index contributed by atoms with van der Waals surface area (Å²) in [6.45, 7) is 4.49. The highest BCUT2D eigenvalue weighted by atomic mass is 19.1. The molecule has 27 heavy (non-hydrogen) atoms. The zero-order valence-corrected chi connectivity index (χ0v) is 15.0. The van der Waals surface area contributed by atoms with Crippen molar-refractivity contribution in [2.45, 2.75) is 13.1 Å². The molecule has 0 radical (unpaired) electrons. The summed E-state index contributed by atoms with van der Waals surface area (Å²) in [5.41, 5.74) is 2.68. The fourth-order valence-corrected chi connectivity index (χ4v) is 3.36. The second-order valence-corrected chi connectivity index (χ2v) is 6.78. The predicted molar refractivity (Wildman–Crippen MR) is 103 cm³/mol. The maximum atomic E-state index is 13.5. The maximum absolute atomic E-state index is 13.5. The Balaban J connectivity index is 1.36. The molecule has 1 aliphatic heterocycles. The molecule has 1 aromatic heterocycles. The molecule has 5 nitrogen and oxygen atoms in total. The van der Waals surface area contributed by atoms with Crippen LogP contribution < -0.4 is 5.32 Å². The van der Waals surface area contributed by atoms with E-state index in [1.165, 1.54) is 17.7 Å². The van der Waals surface area contributed by atoms with Crippen molar-refractivity contribution in [3.8, 4) is 0 Å². The summed E-state index contributed by atoms with van der Waals surface area (Å²) in [6, 6.07) is 14.4. The number of morpholine rings is 1. The van der Waals surface area contributed by atoms with E-state index < -0.39 is 0 Å². The number of rotatable bonds is 5. The third kappa shape index (κ3) is 4.35. The lowest BCUT2D eigenvalue weighted by atomic mass is 10.2. The summed E-state index contributed by atoms with van der Waals surface area (Å²) in [5.74, 6) is -0.448. The highest BCUT2D eigenvalue weighted by molar-refractivity contribution is 5.92. The van der Waals surface area contributed by atoms with Gasteiger partial charge in [-0.05, 0) is 47.3 Å². The molecular formula is C21H22FN3O2. The fraction of sp³-hybridized carbons (Fsp3) is 0.286. The Bertz CT molecular complexity index is 930. The number of benzene rings is 2. The van der Waals surface area contributed by atoms with E-state index in [9.17, 15) is 9.18 Å². The topological polar surface area (TPSA) is 46.5 Å². The molecule has 3 aromatic rings. The summed E-state index contributed by atoms with van der Waals surface area (Å²) in [6.07, 6.45) is 1.80. The molecule has 0 spiro atoms. The number of halogens is 1. The van der Waals surface area contributed by atoms with Gasteiger partial charge in [0.05, 0.1) is 18.7 Å². The van der Waals surface area contributed by atoms with Crippen molar-refractivity contribution in [2.24, 2.45) is 0 Å². The molecule has 0 saturated carbocycles. The maximum Gasteiger partial charge on any atom is 0.244 e. The van der Waals surface area contributed by atoms with E-state index in [0.29, 0.717) is 5.52 Å². The zero-order valence-electron chi connectivity index (χ0n) is 15.0. The molecule has 6 heteroatoms. The Labute approximate surface area is 157 Å². The molecule has 1 fully saturated rings. The second-order valence-electron chi connectivity index (χ2n) is 6.78. The molecule has 0 atom stereocenters. The van der Waals surface area contributed by atoms with Gasteiger partial charge in [0.15, 0.2) is 0 Å². The van der Waals surface area contributed by atoms with Crippen molar-refractivity contribution in [1.29, 1.82) is 0 Å². The van der Waals surface area contributed by atoms with Gasteiger partial charge in [0, 0.05) is 31.5 Å². The highest BCUT2D eigenvalue weighted by Gasteiger charge is 2.11. The average Bonchev–Trinajstić information content (AvgIpc) is 3.06. The fourth-order valence-electron chi connectivity index (χ4n) is 3.36. The smallest absolute Gasteiger partial charge is 0.244 e. The molecule has 0 bridgehead atoms. The van der Waals surface area contributed by atoms with Gasteiger partial charge in [-0.3, -0.25) is 9.69 Å². The third-order valence-electron chi connectivity index (χ3n) is 4.80. The number of nitrogens with one attached hydrogen (secondary N) is 1. The van der Waals surface area contributed by atoms with Crippen LogP contribution in [0, 0.1) is 5.82 Å². The number of aromatic nitrogens is 1. The van der Waals surface area contributed by atoms with Gasteiger partial charge in [-0.15, -0.1) is 0 Å². The number of fused-ring (bicyclic) bond motifs is 1. The van der Waals surface area contributed by atoms with Crippen LogP contribution in [0.15, 0.2) is 54.7 Å². The Morgan fingerprint density at radius 1 is 1.07 bits per heavy atom. The summed E-state index contributed by atoms with van der Waals surface area (Å²) < 4.78 is 20.6. The molecular weight excluding hydrogens is 345 g/mol. The van der Waals surface area contributed by atoms with Gasteiger partial charge >= 0.3 is 0 Å². The first-order valence-corrected chi connectivity index (χ1v) is 9.11. The van der Waals surface area contributed by atoms with Crippen molar-refractivity contribution < 1.29 is 13.9 Å². The Morgan fingerprint density at radius 2 is 1.85 bits per heavy atom. The quantitative estimate of drug-likeness (QED) is 0.753. The van der Waals surface area contributed by atoms with Crippen LogP contribution in [-0.4, -0.2) is 41.7 Å². The van der Waals surface area contributed by atoms with E-state index in [0.717, 1.165) is 43.9 Å². The lowest BCUT2D eigenvalue weighted by Crippen LogP contribution is -2.35. The number of amides is 1. The van der Waals surface area contributed by atoms with E-state index in [1.807, 2.05) is 30.3 Å². The first kappa shape index (κ1) is 17.7. The molecule has 1 saturated heterocycles. The van der Waals surface area contributed by atoms with Gasteiger partial charge in [0.2, 0.25) is 5.91 Å². The number of carbonyl (C=O) groups is 1. The van der Waals surface area contributed by atoms with Crippen LogP contribution in [0.4, 0.5) is 10.1 Å². The number of hydrogen-bond donors (Lipinski definition) is 1. The molecule has 140 valence electrons. The van der Waals surface area contributed by atoms with E-state index >= 15 is 0 Å². The minimum Gasteiger partial charge on any atom is -0.379 e. The highest BCUT2D eigenvalue weighted by Crippen LogP contribution is 2.18. The Kier molecular flexibility index (Phi) is 5.18. The van der Waals surface area contributed by atoms with Crippen LogP contribution in [0.2, 0.25) is 0 Å². The minimum absolute atomic E-state index is 0.141. The number of hydrogen-bond acceptors (Lipinski definition) is 3. The van der Waals surface area contributed by atoms with Gasteiger partial charge in [0.1, 0.15) is 12.4 Å². The average molecular weight is 367 g/mol. The molecule has 0 aliphatic carbocycles. The molecule has 1 N–H and O–H groups in total. The van der Waals surface area contributed by atoms with Crippen LogP contribution in [-0.2, 0) is 22.6 Å². The molecule has 1 amide bonds. The molecule has 1 aliphatic rings. The van der Waals surface area contributed by atoms with E-state index in [2.05, 4.69) is 10.2 Å². The van der Waals surface area contributed by atoms with Crippen molar-refractivity contribution in [1.82, 2.24) is 9.47 Å². The third-order valence-corrected chi connectivity index (χ3v) is 4.80. The molecule has 2 heterocycles. The summed E-state index contributed by atoms with van der Waals surface area (Å²) in [4.78, 5) is 14.7. The van der Waals surface area contributed by atoms with E-state index in [1.54, 1.807) is 16.8 Å². The van der Waals surface area contributed by atoms with Gasteiger partial charge < -0.3 is 14.6 Å². The van der Waals surface area contributed by atoms with Gasteiger partial charge in [-0.1, -0.05) is 12.1 Å². The Morgan fingerprint density at radius 3 is 2.63 bits per heavy atom. The second kappa shape index (κ2) is 7.90. The predicted octanol–water partition coefficient (Wildman–Crippen LogP) is 3.25. The van der Waals surface area contributed by atoms with Crippen molar-refractivity contribution in [2.75, 3.05) is 31.6 Å². The lowest BCUT2D eigenvalue weighted by molar-refractivity contribution is -0.116. The van der Waals surface area contributed by atoms with Crippen LogP contribution in [0.25, 0.3) is 10.9 Å². The summed E-state index contributed by atoms with van der Waals surface area (Å²) in [5, 5.41) is 3.82. The van der Waals surface area contributed by atoms with Crippen LogP contribution in [0.3, 0.4) is 0 Å². The number of carbonyl (C=O) groups excluding carboxylic acids is 1. The van der Waals surface area contributed by atoms with Crippen molar-refractivity contribution in [3.05, 3.63) is 66.1 Å². The number of ether oxygens (including phenoxy) is 1. The monoisotopic (exact) mass is 367 g/mol. The normalized spacial score (nSPS) is 15.1. The first-order chi connectivity index (χ1) is 13.2. The zero-order chi connectivity index (χ0) is 18.6. The SMILES string of the molecule is O=C(Cn1ccc2ccc(F)cc21)Nc1ccc(CN2CCOCC2)cc1. The lowest BCUT2D eigenvalue weighted by Gasteiger charge is -2.26. The minimum atomic E-state index is -0.307. The first-order valence-electron chi connectivity index (χ1n) is 9.11. The molecule has 0 unspecified atom stereocenters.